The molecule has 3 N–H and O–H groups in total. The first-order chi connectivity index (χ1) is 8.99. The van der Waals surface area contributed by atoms with Gasteiger partial charge in [0.2, 0.25) is 0 Å². The highest BCUT2D eigenvalue weighted by Crippen LogP contribution is 2.13. The molecule has 1 aliphatic heterocycles. The maximum Gasteiger partial charge on any atom is 0.188 e. The van der Waals surface area contributed by atoms with Crippen molar-refractivity contribution in [3.63, 3.8) is 0 Å². The lowest BCUT2D eigenvalue weighted by Crippen LogP contribution is -2.46. The van der Waals surface area contributed by atoms with E-state index in [1.165, 1.54) is 0 Å². The molecular formula is C14H31IN4O. The Labute approximate surface area is 140 Å². The molecule has 0 aromatic carbocycles. The zero-order valence-corrected chi connectivity index (χ0v) is 15.6. The quantitative estimate of drug-likeness (QED) is 0.406. The molecule has 6 heteroatoms. The van der Waals surface area contributed by atoms with Crippen molar-refractivity contribution in [1.82, 2.24) is 10.2 Å². The van der Waals surface area contributed by atoms with E-state index in [2.05, 4.69) is 42.9 Å². The smallest absolute Gasteiger partial charge is 0.188 e. The van der Waals surface area contributed by atoms with Crippen LogP contribution in [-0.2, 0) is 4.74 Å². The van der Waals surface area contributed by atoms with Crippen molar-refractivity contribution in [3.8, 4) is 0 Å². The van der Waals surface area contributed by atoms with E-state index in [-0.39, 0.29) is 24.0 Å². The van der Waals surface area contributed by atoms with E-state index in [9.17, 15) is 0 Å². The molecule has 0 aromatic rings. The average Bonchev–Trinajstić information content (AvgIpc) is 2.34. The van der Waals surface area contributed by atoms with Gasteiger partial charge in [0, 0.05) is 25.2 Å². The molecule has 1 unspecified atom stereocenters. The summed E-state index contributed by atoms with van der Waals surface area (Å²) in [6.45, 7) is 13.1. The van der Waals surface area contributed by atoms with Crippen molar-refractivity contribution in [1.29, 1.82) is 0 Å². The molecule has 1 atom stereocenters. The molecule has 1 saturated heterocycles. The van der Waals surface area contributed by atoms with Gasteiger partial charge < -0.3 is 15.8 Å². The molecule has 0 aromatic heterocycles. The van der Waals surface area contributed by atoms with Crippen LogP contribution in [-0.4, -0.2) is 55.8 Å². The standard InChI is InChI=1S/C14H30N4O.HI/c1-11(2)9-13(18-5-7-19-8-6-18)10-16-14(15)17-12(3)4;/h11-13H,5-10H2,1-4H3,(H3,15,16,17);1H. The number of morpholine rings is 1. The van der Waals surface area contributed by atoms with Crippen LogP contribution in [0.25, 0.3) is 0 Å². The molecule has 1 aliphatic rings. The normalized spacial score (nSPS) is 19.0. The number of rotatable bonds is 6. The maximum atomic E-state index is 5.88. The van der Waals surface area contributed by atoms with Gasteiger partial charge in [-0.05, 0) is 26.2 Å². The highest BCUT2D eigenvalue weighted by molar-refractivity contribution is 14.0. The number of nitrogens with two attached hydrogens (primary N) is 1. The molecule has 5 nitrogen and oxygen atoms in total. The summed E-state index contributed by atoms with van der Waals surface area (Å²) < 4.78 is 5.42. The van der Waals surface area contributed by atoms with Crippen molar-refractivity contribution in [3.05, 3.63) is 0 Å². The summed E-state index contributed by atoms with van der Waals surface area (Å²) in [4.78, 5) is 6.98. The van der Waals surface area contributed by atoms with Gasteiger partial charge in [0.25, 0.3) is 0 Å². The molecule has 1 fully saturated rings. The third kappa shape index (κ3) is 8.26. The Hall–Kier alpha value is -0.0800. The number of nitrogens with one attached hydrogen (secondary N) is 1. The predicted octanol–water partition coefficient (Wildman–Crippen LogP) is 1.66. The summed E-state index contributed by atoms with van der Waals surface area (Å²) in [5.74, 6) is 1.22. The summed E-state index contributed by atoms with van der Waals surface area (Å²) in [7, 11) is 0. The van der Waals surface area contributed by atoms with Crippen LogP contribution in [0.5, 0.6) is 0 Å². The Bertz CT molecular complexity index is 278. The molecule has 1 rings (SSSR count). The molecular weight excluding hydrogens is 367 g/mol. The fraction of sp³-hybridized carbons (Fsp3) is 0.929. The van der Waals surface area contributed by atoms with E-state index < -0.39 is 0 Å². The number of hydrogen-bond acceptors (Lipinski definition) is 3. The largest absolute Gasteiger partial charge is 0.379 e. The topological polar surface area (TPSA) is 62.9 Å². The van der Waals surface area contributed by atoms with Crippen LogP contribution >= 0.6 is 24.0 Å². The summed E-state index contributed by atoms with van der Waals surface area (Å²) in [5.41, 5.74) is 5.88. The lowest BCUT2D eigenvalue weighted by molar-refractivity contribution is 0.0143. The fourth-order valence-corrected chi connectivity index (χ4v) is 2.37. The average molecular weight is 398 g/mol. The zero-order chi connectivity index (χ0) is 14.3. The number of halogens is 1. The predicted molar refractivity (Wildman–Crippen MR) is 95.8 cm³/mol. The third-order valence-corrected chi connectivity index (χ3v) is 3.21. The fourth-order valence-electron chi connectivity index (χ4n) is 2.37. The molecule has 0 bridgehead atoms. The number of ether oxygens (including phenoxy) is 1. The van der Waals surface area contributed by atoms with Crippen LogP contribution < -0.4 is 11.1 Å². The number of hydrogen-bond donors (Lipinski definition) is 2. The van der Waals surface area contributed by atoms with E-state index in [0.717, 1.165) is 39.3 Å². The van der Waals surface area contributed by atoms with Crippen molar-refractivity contribution < 1.29 is 4.74 Å². The second kappa shape index (κ2) is 10.6. The third-order valence-electron chi connectivity index (χ3n) is 3.21. The van der Waals surface area contributed by atoms with Crippen molar-refractivity contribution in [2.75, 3.05) is 32.8 Å². The molecule has 1 heterocycles. The van der Waals surface area contributed by atoms with E-state index in [0.29, 0.717) is 24.0 Å². The van der Waals surface area contributed by atoms with Gasteiger partial charge in [-0.25, -0.2) is 0 Å². The van der Waals surface area contributed by atoms with Crippen LogP contribution in [0.15, 0.2) is 4.99 Å². The van der Waals surface area contributed by atoms with E-state index in [1.54, 1.807) is 0 Å². The second-order valence-electron chi connectivity index (χ2n) is 5.96. The van der Waals surface area contributed by atoms with Crippen LogP contribution in [0.1, 0.15) is 34.1 Å². The summed E-state index contributed by atoms with van der Waals surface area (Å²) in [6.07, 6.45) is 1.15. The van der Waals surface area contributed by atoms with Gasteiger partial charge in [0.15, 0.2) is 5.96 Å². The maximum absolute atomic E-state index is 5.88. The van der Waals surface area contributed by atoms with Gasteiger partial charge in [-0.2, -0.15) is 0 Å². The molecule has 0 spiro atoms. The minimum Gasteiger partial charge on any atom is -0.379 e. The number of guanidine groups is 1. The van der Waals surface area contributed by atoms with E-state index in [4.69, 9.17) is 10.5 Å². The lowest BCUT2D eigenvalue weighted by atomic mass is 10.0. The monoisotopic (exact) mass is 398 g/mol. The molecule has 120 valence electrons. The Kier molecular flexibility index (Phi) is 10.6. The van der Waals surface area contributed by atoms with Gasteiger partial charge in [0.05, 0.1) is 19.8 Å². The first-order valence-corrected chi connectivity index (χ1v) is 7.37. The minimum absolute atomic E-state index is 0. The van der Waals surface area contributed by atoms with Crippen LogP contribution in [0.3, 0.4) is 0 Å². The number of aliphatic imine (C=N–C) groups is 1. The van der Waals surface area contributed by atoms with Crippen molar-refractivity contribution in [2.45, 2.75) is 46.2 Å². The molecule has 0 saturated carbocycles. The Morgan fingerprint density at radius 1 is 1.25 bits per heavy atom. The van der Waals surface area contributed by atoms with Crippen molar-refractivity contribution >= 4 is 29.9 Å². The van der Waals surface area contributed by atoms with E-state index >= 15 is 0 Å². The molecule has 20 heavy (non-hydrogen) atoms. The molecule has 0 radical (unpaired) electrons. The Morgan fingerprint density at radius 2 is 1.85 bits per heavy atom. The first-order valence-electron chi connectivity index (χ1n) is 7.37. The van der Waals surface area contributed by atoms with Crippen LogP contribution in [0, 0.1) is 5.92 Å². The summed E-state index contributed by atoms with van der Waals surface area (Å²) >= 11 is 0. The Morgan fingerprint density at radius 3 is 2.35 bits per heavy atom. The van der Waals surface area contributed by atoms with Gasteiger partial charge in [-0.1, -0.05) is 13.8 Å². The minimum atomic E-state index is 0. The van der Waals surface area contributed by atoms with Crippen molar-refractivity contribution in [2.24, 2.45) is 16.6 Å². The van der Waals surface area contributed by atoms with Crippen LogP contribution in [0.2, 0.25) is 0 Å². The van der Waals surface area contributed by atoms with Gasteiger partial charge in [-0.15, -0.1) is 24.0 Å². The van der Waals surface area contributed by atoms with Gasteiger partial charge in [0.1, 0.15) is 0 Å². The lowest BCUT2D eigenvalue weighted by Gasteiger charge is -2.34. The van der Waals surface area contributed by atoms with E-state index in [1.807, 2.05) is 0 Å². The van der Waals surface area contributed by atoms with Gasteiger partial charge in [-0.3, -0.25) is 9.89 Å². The highest BCUT2D eigenvalue weighted by Gasteiger charge is 2.21. The summed E-state index contributed by atoms with van der Waals surface area (Å²) in [5, 5.41) is 3.14. The summed E-state index contributed by atoms with van der Waals surface area (Å²) in [6, 6.07) is 0.798. The molecule has 0 aliphatic carbocycles. The SMILES string of the molecule is CC(C)CC(CN=C(N)NC(C)C)N1CCOCC1.I. The van der Waals surface area contributed by atoms with Gasteiger partial charge >= 0.3 is 0 Å². The first kappa shape index (κ1) is 19.9. The zero-order valence-electron chi connectivity index (χ0n) is 13.3. The highest BCUT2D eigenvalue weighted by atomic mass is 127. The van der Waals surface area contributed by atoms with Crippen LogP contribution in [0.4, 0.5) is 0 Å². The second-order valence-corrected chi connectivity index (χ2v) is 5.96. The Balaban J connectivity index is 0.00000361. The molecule has 0 amide bonds. The number of nitrogens with zero attached hydrogens (tertiary/aromatic N) is 2.